The van der Waals surface area contributed by atoms with Crippen LogP contribution in [0.1, 0.15) is 18.9 Å². The third-order valence-corrected chi connectivity index (χ3v) is 3.70. The molecule has 3 rings (SSSR count). The average molecular weight is 243 g/mol. The summed E-state index contributed by atoms with van der Waals surface area (Å²) < 4.78 is 0. The summed E-state index contributed by atoms with van der Waals surface area (Å²) in [5.74, 6) is 0.0461. The van der Waals surface area contributed by atoms with Gasteiger partial charge in [0, 0.05) is 29.2 Å². The molecule has 1 fully saturated rings. The van der Waals surface area contributed by atoms with Crippen molar-refractivity contribution in [2.45, 2.75) is 18.9 Å². The van der Waals surface area contributed by atoms with Crippen molar-refractivity contribution in [3.63, 3.8) is 0 Å². The van der Waals surface area contributed by atoms with Gasteiger partial charge in [-0.25, -0.2) is 0 Å². The van der Waals surface area contributed by atoms with Crippen molar-refractivity contribution in [1.29, 1.82) is 0 Å². The molecule has 1 saturated heterocycles. The summed E-state index contributed by atoms with van der Waals surface area (Å²) >= 11 is 0. The minimum absolute atomic E-state index is 0.0461. The Morgan fingerprint density at radius 2 is 2.06 bits per heavy atom. The van der Waals surface area contributed by atoms with Crippen LogP contribution in [0.15, 0.2) is 30.5 Å². The largest absolute Gasteiger partial charge is 0.361 e. The van der Waals surface area contributed by atoms with E-state index in [9.17, 15) is 4.79 Å². The molecule has 1 aliphatic heterocycles. The van der Waals surface area contributed by atoms with E-state index in [0.29, 0.717) is 0 Å². The van der Waals surface area contributed by atoms with Crippen molar-refractivity contribution in [2.75, 3.05) is 13.1 Å². The molecular formula is C14H17N3O. The van der Waals surface area contributed by atoms with Crippen molar-refractivity contribution < 1.29 is 4.79 Å². The van der Waals surface area contributed by atoms with E-state index < -0.39 is 5.54 Å². The molecule has 0 spiro atoms. The van der Waals surface area contributed by atoms with E-state index in [2.05, 4.69) is 15.6 Å². The molecule has 2 aromatic rings. The molecule has 1 aromatic heterocycles. The number of hydrogen-bond acceptors (Lipinski definition) is 2. The van der Waals surface area contributed by atoms with Crippen LogP contribution in [0, 0.1) is 0 Å². The molecule has 0 radical (unpaired) electrons. The number of aromatic nitrogens is 1. The van der Waals surface area contributed by atoms with Crippen LogP contribution in [-0.2, 0) is 10.3 Å². The molecule has 1 unspecified atom stereocenters. The molecule has 94 valence electrons. The first kappa shape index (κ1) is 11.3. The van der Waals surface area contributed by atoms with Crippen LogP contribution in [0.3, 0.4) is 0 Å². The summed E-state index contributed by atoms with van der Waals surface area (Å²) in [7, 11) is 0. The maximum Gasteiger partial charge on any atom is 0.244 e. The number of para-hydroxylation sites is 1. The number of amides is 1. The summed E-state index contributed by atoms with van der Waals surface area (Å²) in [5, 5.41) is 7.44. The number of carbonyl (C=O) groups is 1. The van der Waals surface area contributed by atoms with Gasteiger partial charge in [-0.15, -0.1) is 0 Å². The molecule has 1 aliphatic rings. The Morgan fingerprint density at radius 1 is 1.22 bits per heavy atom. The fourth-order valence-corrected chi connectivity index (χ4v) is 2.59. The van der Waals surface area contributed by atoms with Crippen molar-refractivity contribution >= 4 is 16.8 Å². The van der Waals surface area contributed by atoms with Crippen molar-refractivity contribution in [1.82, 2.24) is 15.6 Å². The Morgan fingerprint density at radius 3 is 2.94 bits per heavy atom. The van der Waals surface area contributed by atoms with Gasteiger partial charge in [-0.2, -0.15) is 0 Å². The number of rotatable bonds is 1. The third-order valence-electron chi connectivity index (χ3n) is 3.70. The minimum atomic E-state index is -0.657. The summed E-state index contributed by atoms with van der Waals surface area (Å²) in [6, 6.07) is 8.06. The highest BCUT2D eigenvalue weighted by molar-refractivity contribution is 5.94. The second-order valence-corrected chi connectivity index (χ2v) is 4.91. The zero-order valence-corrected chi connectivity index (χ0v) is 10.4. The normalized spacial score (nSPS) is 24.8. The minimum Gasteiger partial charge on any atom is -0.361 e. The van der Waals surface area contributed by atoms with E-state index >= 15 is 0 Å². The van der Waals surface area contributed by atoms with E-state index in [-0.39, 0.29) is 5.91 Å². The monoisotopic (exact) mass is 243 g/mol. The lowest BCUT2D eigenvalue weighted by atomic mass is 9.91. The van der Waals surface area contributed by atoms with E-state index in [1.165, 1.54) is 0 Å². The fraction of sp³-hybridized carbons (Fsp3) is 0.357. The lowest BCUT2D eigenvalue weighted by molar-refractivity contribution is -0.126. The predicted molar refractivity (Wildman–Crippen MR) is 71.3 cm³/mol. The Bertz CT molecular complexity index is 589. The molecule has 18 heavy (non-hydrogen) atoms. The fourth-order valence-electron chi connectivity index (χ4n) is 2.59. The number of benzene rings is 1. The molecule has 1 aromatic carbocycles. The highest BCUT2D eigenvalue weighted by Gasteiger charge is 2.37. The standard InChI is InChI=1S/C14H17N3O/c1-14(13(18)15-7-4-8-17-14)11-9-16-12-6-3-2-5-10(11)12/h2-3,5-6,9,16-17H,4,7-8H2,1H3,(H,15,18). The third kappa shape index (κ3) is 1.61. The van der Waals surface area contributed by atoms with Gasteiger partial charge in [0.1, 0.15) is 5.54 Å². The molecule has 0 saturated carbocycles. The number of H-pyrrole nitrogens is 1. The first-order valence-corrected chi connectivity index (χ1v) is 6.32. The lowest BCUT2D eigenvalue weighted by Gasteiger charge is -2.27. The van der Waals surface area contributed by atoms with Gasteiger partial charge in [-0.05, 0) is 26.0 Å². The lowest BCUT2D eigenvalue weighted by Crippen LogP contribution is -2.49. The molecule has 0 bridgehead atoms. The molecule has 4 heteroatoms. The molecular weight excluding hydrogens is 226 g/mol. The Hall–Kier alpha value is -1.81. The van der Waals surface area contributed by atoms with Gasteiger partial charge >= 0.3 is 0 Å². The molecule has 4 nitrogen and oxygen atoms in total. The van der Waals surface area contributed by atoms with E-state index in [1.807, 2.05) is 37.4 Å². The summed E-state index contributed by atoms with van der Waals surface area (Å²) in [6.45, 7) is 3.53. The summed E-state index contributed by atoms with van der Waals surface area (Å²) in [5.41, 5.74) is 1.42. The van der Waals surface area contributed by atoms with Crippen molar-refractivity contribution in [2.24, 2.45) is 0 Å². The highest BCUT2D eigenvalue weighted by atomic mass is 16.2. The molecule has 1 atom stereocenters. The number of aromatic amines is 1. The van der Waals surface area contributed by atoms with E-state index in [0.717, 1.165) is 36.0 Å². The average Bonchev–Trinajstić information content (AvgIpc) is 2.74. The molecule has 3 N–H and O–H groups in total. The van der Waals surface area contributed by atoms with E-state index in [1.54, 1.807) is 0 Å². The quantitative estimate of drug-likeness (QED) is 0.711. The van der Waals surface area contributed by atoms with Gasteiger partial charge in [0.2, 0.25) is 5.91 Å². The predicted octanol–water partition coefficient (Wildman–Crippen LogP) is 1.49. The van der Waals surface area contributed by atoms with Crippen LogP contribution >= 0.6 is 0 Å². The zero-order valence-electron chi connectivity index (χ0n) is 10.4. The van der Waals surface area contributed by atoms with Crippen LogP contribution in [0.25, 0.3) is 10.9 Å². The van der Waals surface area contributed by atoms with Gasteiger partial charge in [-0.1, -0.05) is 18.2 Å². The van der Waals surface area contributed by atoms with Gasteiger partial charge in [-0.3, -0.25) is 10.1 Å². The summed E-state index contributed by atoms with van der Waals surface area (Å²) in [4.78, 5) is 15.5. The van der Waals surface area contributed by atoms with Gasteiger partial charge in [0.05, 0.1) is 0 Å². The molecule has 1 amide bonds. The maximum atomic E-state index is 12.3. The second kappa shape index (κ2) is 4.14. The van der Waals surface area contributed by atoms with E-state index in [4.69, 9.17) is 0 Å². The van der Waals surface area contributed by atoms with Gasteiger partial charge in [0.25, 0.3) is 0 Å². The second-order valence-electron chi connectivity index (χ2n) is 4.91. The SMILES string of the molecule is CC1(c2c[nH]c3ccccc23)NCCCNC1=O. The zero-order chi connectivity index (χ0) is 12.6. The topological polar surface area (TPSA) is 56.9 Å². The first-order valence-electron chi connectivity index (χ1n) is 6.32. The maximum absolute atomic E-state index is 12.3. The van der Waals surface area contributed by atoms with Gasteiger partial charge < -0.3 is 10.3 Å². The Kier molecular flexibility index (Phi) is 2.59. The smallest absolute Gasteiger partial charge is 0.244 e. The number of nitrogens with one attached hydrogen (secondary N) is 3. The Balaban J connectivity index is 2.14. The van der Waals surface area contributed by atoms with Gasteiger partial charge in [0.15, 0.2) is 0 Å². The van der Waals surface area contributed by atoms with Crippen LogP contribution in [-0.4, -0.2) is 24.0 Å². The number of hydrogen-bond donors (Lipinski definition) is 3. The first-order chi connectivity index (χ1) is 8.72. The molecule has 2 heterocycles. The van der Waals surface area contributed by atoms with Crippen molar-refractivity contribution in [3.8, 4) is 0 Å². The van der Waals surface area contributed by atoms with Crippen LogP contribution < -0.4 is 10.6 Å². The molecule has 0 aliphatic carbocycles. The van der Waals surface area contributed by atoms with Crippen LogP contribution in [0.5, 0.6) is 0 Å². The van der Waals surface area contributed by atoms with Crippen molar-refractivity contribution in [3.05, 3.63) is 36.0 Å². The Labute approximate surface area is 106 Å². The number of carbonyl (C=O) groups excluding carboxylic acids is 1. The summed E-state index contributed by atoms with van der Waals surface area (Å²) in [6.07, 6.45) is 2.90. The number of fused-ring (bicyclic) bond motifs is 1. The van der Waals surface area contributed by atoms with Crippen LogP contribution in [0.4, 0.5) is 0 Å². The highest BCUT2D eigenvalue weighted by Crippen LogP contribution is 2.29. The van der Waals surface area contributed by atoms with Crippen LogP contribution in [0.2, 0.25) is 0 Å².